The second-order valence-electron chi connectivity index (χ2n) is 7.06. The normalized spacial score (nSPS) is 11.2. The molecule has 2 aromatic rings. The van der Waals surface area contributed by atoms with Crippen LogP contribution in [-0.2, 0) is 19.1 Å². The lowest BCUT2D eigenvalue weighted by Gasteiger charge is -2.18. The zero-order valence-corrected chi connectivity index (χ0v) is 21.0. The molecule has 0 fully saturated rings. The fourth-order valence-corrected chi connectivity index (χ4v) is 3.36. The minimum Gasteiger partial charge on any atom is -0.502 e. The molecule has 0 saturated carbocycles. The molecule has 0 radical (unpaired) electrons. The van der Waals surface area contributed by atoms with Crippen LogP contribution >= 0.6 is 0 Å². The highest BCUT2D eigenvalue weighted by Gasteiger charge is 2.26. The quantitative estimate of drug-likeness (QED) is 0.266. The van der Waals surface area contributed by atoms with Gasteiger partial charge >= 0.3 is 11.9 Å². The average Bonchev–Trinajstić information content (AvgIpc) is 2.87. The highest BCUT2D eigenvalue weighted by molar-refractivity contribution is 6.23. The molecule has 0 amide bonds. The first-order valence-electron chi connectivity index (χ1n) is 10.9. The maximum Gasteiger partial charge on any atom is 0.338 e. The Bertz CT molecular complexity index is 1140. The summed E-state index contributed by atoms with van der Waals surface area (Å²) >= 11 is 0. The van der Waals surface area contributed by atoms with Crippen molar-refractivity contribution < 1.29 is 48.2 Å². The predicted octanol–water partition coefficient (Wildman–Crippen LogP) is 3.81. The monoisotopic (exact) mass is 502 g/mol. The summed E-state index contributed by atoms with van der Waals surface area (Å²) in [5, 5.41) is 21.0. The van der Waals surface area contributed by atoms with Gasteiger partial charge < -0.3 is 38.6 Å². The summed E-state index contributed by atoms with van der Waals surface area (Å²) < 4.78 is 31.3. The Morgan fingerprint density at radius 3 is 1.86 bits per heavy atom. The van der Waals surface area contributed by atoms with Gasteiger partial charge in [0, 0.05) is 11.6 Å². The van der Waals surface area contributed by atoms with Crippen LogP contribution in [0.1, 0.15) is 30.5 Å². The van der Waals surface area contributed by atoms with Crippen LogP contribution in [0.5, 0.6) is 34.5 Å². The van der Waals surface area contributed by atoms with Crippen LogP contribution in [0.2, 0.25) is 0 Å². The molecule has 10 nitrogen and oxygen atoms in total. The fourth-order valence-electron chi connectivity index (χ4n) is 3.36. The summed E-state index contributed by atoms with van der Waals surface area (Å²) in [4.78, 5) is 25.2. The molecule has 0 aromatic heterocycles. The number of ether oxygens (including phenoxy) is 6. The molecule has 0 atom stereocenters. The molecule has 2 N–H and O–H groups in total. The average molecular weight is 503 g/mol. The Kier molecular flexibility index (Phi) is 10.0. The Morgan fingerprint density at radius 2 is 1.36 bits per heavy atom. The van der Waals surface area contributed by atoms with E-state index in [1.54, 1.807) is 13.8 Å². The fraction of sp³-hybridized carbons (Fsp3) is 0.308. The number of methoxy groups -OCH3 is 4. The van der Waals surface area contributed by atoms with Gasteiger partial charge in [-0.3, -0.25) is 0 Å². The minimum absolute atomic E-state index is 0.0232. The van der Waals surface area contributed by atoms with E-state index in [4.69, 9.17) is 28.4 Å². The van der Waals surface area contributed by atoms with E-state index in [1.807, 2.05) is 0 Å². The second-order valence-corrected chi connectivity index (χ2v) is 7.06. The molecule has 0 aliphatic heterocycles. The summed E-state index contributed by atoms with van der Waals surface area (Å²) in [7, 11) is 5.41. The summed E-state index contributed by atoms with van der Waals surface area (Å²) in [5.41, 5.74) is 0.805. The van der Waals surface area contributed by atoms with Crippen molar-refractivity contribution >= 4 is 29.7 Å². The topological polar surface area (TPSA) is 130 Å². The zero-order chi connectivity index (χ0) is 26.8. The Morgan fingerprint density at radius 1 is 0.806 bits per heavy atom. The van der Waals surface area contributed by atoms with Gasteiger partial charge in [-0.15, -0.1) is 0 Å². The number of benzene rings is 2. The molecule has 0 heterocycles. The van der Waals surface area contributed by atoms with Gasteiger partial charge in [0.2, 0.25) is 11.5 Å². The molecule has 2 rings (SSSR count). The number of phenols is 2. The van der Waals surface area contributed by atoms with Crippen LogP contribution in [0.3, 0.4) is 0 Å². The Hall–Kier alpha value is -4.34. The van der Waals surface area contributed by atoms with Gasteiger partial charge in [-0.25, -0.2) is 9.59 Å². The smallest absolute Gasteiger partial charge is 0.338 e. The molecule has 2 aromatic carbocycles. The number of hydrogen-bond donors (Lipinski definition) is 2. The molecule has 0 unspecified atom stereocenters. The van der Waals surface area contributed by atoms with E-state index < -0.39 is 11.9 Å². The van der Waals surface area contributed by atoms with Gasteiger partial charge in [0.05, 0.1) is 47.2 Å². The molecular weight excluding hydrogens is 472 g/mol. The lowest BCUT2D eigenvalue weighted by Crippen LogP contribution is -2.10. The van der Waals surface area contributed by atoms with Crippen molar-refractivity contribution in [2.24, 2.45) is 0 Å². The predicted molar refractivity (Wildman–Crippen MR) is 133 cm³/mol. The third-order valence-electron chi connectivity index (χ3n) is 4.94. The van der Waals surface area contributed by atoms with E-state index in [-0.39, 0.29) is 58.8 Å². The van der Waals surface area contributed by atoms with Crippen molar-refractivity contribution in [2.45, 2.75) is 13.8 Å². The molecule has 0 bridgehead atoms. The van der Waals surface area contributed by atoms with Gasteiger partial charge in [0.25, 0.3) is 0 Å². The summed E-state index contributed by atoms with van der Waals surface area (Å²) in [5.74, 6) is -1.75. The maximum absolute atomic E-state index is 13.2. The summed E-state index contributed by atoms with van der Waals surface area (Å²) in [6, 6.07) is 4.41. The lowest BCUT2D eigenvalue weighted by atomic mass is 9.94. The van der Waals surface area contributed by atoms with Crippen LogP contribution in [0.15, 0.2) is 24.3 Å². The van der Waals surface area contributed by atoms with E-state index in [0.717, 1.165) is 0 Å². The van der Waals surface area contributed by atoms with Gasteiger partial charge in [-0.2, -0.15) is 0 Å². The molecule has 36 heavy (non-hydrogen) atoms. The van der Waals surface area contributed by atoms with E-state index in [9.17, 15) is 19.8 Å². The molecule has 0 saturated heterocycles. The summed E-state index contributed by atoms with van der Waals surface area (Å²) in [6.07, 6.45) is 4.03. The zero-order valence-electron chi connectivity index (χ0n) is 21.0. The molecule has 0 aliphatic carbocycles. The van der Waals surface area contributed by atoms with Crippen molar-refractivity contribution in [3.05, 3.63) is 41.0 Å². The Labute approximate surface area is 209 Å². The van der Waals surface area contributed by atoms with Crippen LogP contribution in [-0.4, -0.2) is 63.8 Å². The number of phenolic OH excluding ortho intramolecular Hbond substituents is 2. The number of carbonyl (C=O) groups excluding carboxylic acids is 2. The van der Waals surface area contributed by atoms with Crippen molar-refractivity contribution in [1.29, 1.82) is 0 Å². The number of rotatable bonds is 11. The summed E-state index contributed by atoms with van der Waals surface area (Å²) in [6.45, 7) is 3.56. The first-order chi connectivity index (χ1) is 17.3. The molecule has 0 aliphatic rings. The first-order valence-corrected chi connectivity index (χ1v) is 10.9. The van der Waals surface area contributed by atoms with Crippen LogP contribution in [0, 0.1) is 0 Å². The van der Waals surface area contributed by atoms with Gasteiger partial charge in [-0.1, -0.05) is 0 Å². The van der Waals surface area contributed by atoms with Crippen molar-refractivity contribution in [2.75, 3.05) is 41.7 Å². The van der Waals surface area contributed by atoms with Gasteiger partial charge in [-0.05, 0) is 55.3 Å². The minimum atomic E-state index is -0.739. The van der Waals surface area contributed by atoms with Crippen molar-refractivity contribution in [3.8, 4) is 34.5 Å². The largest absolute Gasteiger partial charge is 0.502 e. The highest BCUT2D eigenvalue weighted by Crippen LogP contribution is 2.46. The first kappa shape index (κ1) is 27.9. The second kappa shape index (κ2) is 12.9. The van der Waals surface area contributed by atoms with Gasteiger partial charge in [0.1, 0.15) is 0 Å². The molecular formula is C26H30O10. The maximum atomic E-state index is 13.2. The number of aromatic hydroxyl groups is 2. The molecule has 194 valence electrons. The highest BCUT2D eigenvalue weighted by atomic mass is 16.5. The van der Waals surface area contributed by atoms with Crippen molar-refractivity contribution in [3.63, 3.8) is 0 Å². The van der Waals surface area contributed by atoms with E-state index in [1.165, 1.54) is 64.9 Å². The Balaban J connectivity index is 2.92. The molecule has 10 heteroatoms. The SMILES string of the molecule is CCOC(=O)/C=C/c1cc(OC)c(O)c(OC)c1/C(=C/c1cc(OC)c(O)c(OC)c1)C(=O)OCC. The third kappa shape index (κ3) is 6.21. The van der Waals surface area contributed by atoms with Crippen molar-refractivity contribution in [1.82, 2.24) is 0 Å². The van der Waals surface area contributed by atoms with E-state index in [0.29, 0.717) is 11.1 Å². The number of carbonyl (C=O) groups is 2. The number of esters is 2. The van der Waals surface area contributed by atoms with E-state index in [2.05, 4.69) is 0 Å². The van der Waals surface area contributed by atoms with E-state index >= 15 is 0 Å². The van der Waals surface area contributed by atoms with Crippen LogP contribution in [0.25, 0.3) is 17.7 Å². The van der Waals surface area contributed by atoms with Crippen LogP contribution < -0.4 is 18.9 Å². The number of hydrogen-bond acceptors (Lipinski definition) is 10. The molecule has 0 spiro atoms. The standard InChI is InChI=1S/C26H30O10/c1-7-35-21(27)10-9-16-14-20(33-5)24(29)25(34-6)22(16)17(26(30)36-8-2)11-15-12-18(31-3)23(28)19(13-15)32-4/h9-14,28-29H,7-8H2,1-6H3/b10-9+,17-11-. The van der Waals surface area contributed by atoms with Gasteiger partial charge in [0.15, 0.2) is 23.0 Å². The third-order valence-corrected chi connectivity index (χ3v) is 4.94. The lowest BCUT2D eigenvalue weighted by molar-refractivity contribution is -0.137. The van der Waals surface area contributed by atoms with Crippen LogP contribution in [0.4, 0.5) is 0 Å².